The van der Waals surface area contributed by atoms with Crippen molar-refractivity contribution >= 4 is 5.91 Å². The lowest BCUT2D eigenvalue weighted by molar-refractivity contribution is -0.140. The van der Waals surface area contributed by atoms with E-state index in [1.165, 1.54) is 0 Å². The van der Waals surface area contributed by atoms with Crippen LogP contribution in [0, 0.1) is 11.8 Å². The number of rotatable bonds is 5. The summed E-state index contributed by atoms with van der Waals surface area (Å²) in [5.74, 6) is 1.21. The maximum absolute atomic E-state index is 12.3. The van der Waals surface area contributed by atoms with Crippen molar-refractivity contribution in [2.24, 2.45) is 17.6 Å². The molecule has 0 spiro atoms. The van der Waals surface area contributed by atoms with Crippen molar-refractivity contribution in [2.45, 2.75) is 51.7 Å². The average Bonchev–Trinajstić information content (AvgIpc) is 2.66. The Labute approximate surface area is 110 Å². The van der Waals surface area contributed by atoms with Crippen molar-refractivity contribution in [2.75, 3.05) is 19.6 Å². The number of carbonyl (C=O) groups excluding carboxylic acids is 1. The molecule has 0 radical (unpaired) electrons. The third kappa shape index (κ3) is 3.45. The molecule has 3 atom stereocenters. The molecule has 0 saturated carbocycles. The highest BCUT2D eigenvalue weighted by atomic mass is 16.5. The summed E-state index contributed by atoms with van der Waals surface area (Å²) in [5, 5.41) is 0. The monoisotopic (exact) mass is 254 g/mol. The van der Waals surface area contributed by atoms with E-state index in [2.05, 4.69) is 13.8 Å². The topological polar surface area (TPSA) is 55.6 Å². The maximum Gasteiger partial charge on any atom is 0.223 e. The number of amides is 1. The fourth-order valence-corrected chi connectivity index (χ4v) is 3.12. The van der Waals surface area contributed by atoms with E-state index in [0.717, 1.165) is 32.4 Å². The molecule has 0 aliphatic carbocycles. The first-order valence-corrected chi connectivity index (χ1v) is 7.21. The minimum Gasteiger partial charge on any atom is -0.371 e. The van der Waals surface area contributed by atoms with Crippen LogP contribution < -0.4 is 5.73 Å². The fourth-order valence-electron chi connectivity index (χ4n) is 3.12. The van der Waals surface area contributed by atoms with Gasteiger partial charge in [-0.05, 0) is 37.6 Å². The smallest absolute Gasteiger partial charge is 0.223 e. The third-order valence-electron chi connectivity index (χ3n) is 4.00. The van der Waals surface area contributed by atoms with E-state index in [9.17, 15) is 4.79 Å². The quantitative estimate of drug-likeness (QED) is 0.806. The van der Waals surface area contributed by atoms with Gasteiger partial charge in [0, 0.05) is 19.5 Å². The van der Waals surface area contributed by atoms with Crippen LogP contribution in [0.5, 0.6) is 0 Å². The highest BCUT2D eigenvalue weighted by Crippen LogP contribution is 2.27. The van der Waals surface area contributed by atoms with Gasteiger partial charge in [0.2, 0.25) is 5.91 Å². The normalized spacial score (nSPS) is 28.8. The predicted molar refractivity (Wildman–Crippen MR) is 71.1 cm³/mol. The summed E-state index contributed by atoms with van der Waals surface area (Å²) < 4.78 is 5.75. The van der Waals surface area contributed by atoms with Gasteiger partial charge in [-0.2, -0.15) is 0 Å². The molecule has 0 aromatic heterocycles. The Morgan fingerprint density at radius 2 is 1.94 bits per heavy atom. The predicted octanol–water partition coefficient (Wildman–Crippen LogP) is 1.39. The SMILES string of the molecule is CC(C)CC(CN)CC(=O)N1CC2CCC(C1)O2. The molecule has 2 aliphatic rings. The van der Waals surface area contributed by atoms with Crippen molar-refractivity contribution in [3.05, 3.63) is 0 Å². The molecule has 18 heavy (non-hydrogen) atoms. The molecule has 2 bridgehead atoms. The molecule has 3 unspecified atom stereocenters. The highest BCUT2D eigenvalue weighted by molar-refractivity contribution is 5.76. The van der Waals surface area contributed by atoms with E-state index in [1.54, 1.807) is 0 Å². The van der Waals surface area contributed by atoms with Crippen LogP contribution in [0.2, 0.25) is 0 Å². The number of hydrogen-bond donors (Lipinski definition) is 1. The number of fused-ring (bicyclic) bond motifs is 2. The molecule has 2 saturated heterocycles. The lowest BCUT2D eigenvalue weighted by Gasteiger charge is -2.33. The molecule has 1 amide bonds. The molecule has 0 aromatic rings. The number of nitrogens with zero attached hydrogens (tertiary/aromatic N) is 1. The Hall–Kier alpha value is -0.610. The van der Waals surface area contributed by atoms with Crippen molar-refractivity contribution in [1.82, 2.24) is 4.90 Å². The molecular weight excluding hydrogens is 228 g/mol. The zero-order valence-electron chi connectivity index (χ0n) is 11.6. The fraction of sp³-hybridized carbons (Fsp3) is 0.929. The van der Waals surface area contributed by atoms with Crippen LogP contribution in [0.4, 0.5) is 0 Å². The number of morpholine rings is 1. The van der Waals surface area contributed by atoms with Crippen LogP contribution >= 0.6 is 0 Å². The van der Waals surface area contributed by atoms with Crippen molar-refractivity contribution in [3.8, 4) is 0 Å². The standard InChI is InChI=1S/C14H26N2O2/c1-10(2)5-11(7-15)6-14(17)16-8-12-3-4-13(9-16)18-12/h10-13H,3-9,15H2,1-2H3. The Morgan fingerprint density at radius 3 is 2.44 bits per heavy atom. The maximum atomic E-state index is 12.3. The zero-order chi connectivity index (χ0) is 13.1. The Morgan fingerprint density at radius 1 is 1.33 bits per heavy atom. The second kappa shape index (κ2) is 6.02. The van der Waals surface area contributed by atoms with Crippen LogP contribution in [0.15, 0.2) is 0 Å². The largest absolute Gasteiger partial charge is 0.371 e. The van der Waals surface area contributed by atoms with Crippen LogP contribution in [0.3, 0.4) is 0 Å². The van der Waals surface area contributed by atoms with Crippen LogP contribution in [-0.4, -0.2) is 42.6 Å². The van der Waals surface area contributed by atoms with Gasteiger partial charge in [0.25, 0.3) is 0 Å². The summed E-state index contributed by atoms with van der Waals surface area (Å²) >= 11 is 0. The van der Waals surface area contributed by atoms with E-state index in [4.69, 9.17) is 10.5 Å². The number of likely N-dealkylation sites (tertiary alicyclic amines) is 1. The van der Waals surface area contributed by atoms with Gasteiger partial charge in [-0.3, -0.25) is 4.79 Å². The number of ether oxygens (including phenoxy) is 1. The van der Waals surface area contributed by atoms with Gasteiger partial charge in [-0.15, -0.1) is 0 Å². The molecule has 4 nitrogen and oxygen atoms in total. The van der Waals surface area contributed by atoms with Crippen LogP contribution in [-0.2, 0) is 9.53 Å². The van der Waals surface area contributed by atoms with Crippen LogP contribution in [0.25, 0.3) is 0 Å². The van der Waals surface area contributed by atoms with Gasteiger partial charge in [-0.1, -0.05) is 13.8 Å². The van der Waals surface area contributed by atoms with Gasteiger partial charge < -0.3 is 15.4 Å². The first-order chi connectivity index (χ1) is 8.58. The summed E-state index contributed by atoms with van der Waals surface area (Å²) in [6.45, 7) is 6.55. The minimum atomic E-state index is 0.270. The second-order valence-corrected chi connectivity index (χ2v) is 6.19. The van der Waals surface area contributed by atoms with E-state index in [-0.39, 0.29) is 18.1 Å². The lowest BCUT2D eigenvalue weighted by Crippen LogP contribution is -2.46. The van der Waals surface area contributed by atoms with Gasteiger partial charge in [0.05, 0.1) is 12.2 Å². The van der Waals surface area contributed by atoms with Gasteiger partial charge >= 0.3 is 0 Å². The summed E-state index contributed by atoms with van der Waals surface area (Å²) in [5.41, 5.74) is 5.77. The Balaban J connectivity index is 1.83. The van der Waals surface area contributed by atoms with Gasteiger partial charge in [0.15, 0.2) is 0 Å². The van der Waals surface area contributed by atoms with Gasteiger partial charge in [-0.25, -0.2) is 0 Å². The van der Waals surface area contributed by atoms with E-state index < -0.39 is 0 Å². The van der Waals surface area contributed by atoms with E-state index in [0.29, 0.717) is 24.8 Å². The van der Waals surface area contributed by atoms with E-state index in [1.807, 2.05) is 4.90 Å². The average molecular weight is 254 g/mol. The molecule has 2 fully saturated rings. The molecule has 2 rings (SSSR count). The van der Waals surface area contributed by atoms with E-state index >= 15 is 0 Å². The third-order valence-corrected chi connectivity index (χ3v) is 4.00. The summed E-state index contributed by atoms with van der Waals surface area (Å²) in [6.07, 6.45) is 4.44. The molecule has 4 heteroatoms. The number of hydrogen-bond acceptors (Lipinski definition) is 3. The molecule has 2 aliphatic heterocycles. The zero-order valence-corrected chi connectivity index (χ0v) is 11.6. The first kappa shape index (κ1) is 13.8. The van der Waals surface area contributed by atoms with Crippen molar-refractivity contribution < 1.29 is 9.53 Å². The summed E-state index contributed by atoms with van der Waals surface area (Å²) in [7, 11) is 0. The minimum absolute atomic E-state index is 0.270. The second-order valence-electron chi connectivity index (χ2n) is 6.19. The Kier molecular flexibility index (Phi) is 4.62. The molecule has 0 aromatic carbocycles. The van der Waals surface area contributed by atoms with Gasteiger partial charge in [0.1, 0.15) is 0 Å². The molecule has 2 N–H and O–H groups in total. The van der Waals surface area contributed by atoms with Crippen molar-refractivity contribution in [1.29, 1.82) is 0 Å². The van der Waals surface area contributed by atoms with Crippen molar-refractivity contribution in [3.63, 3.8) is 0 Å². The van der Waals surface area contributed by atoms with Crippen LogP contribution in [0.1, 0.15) is 39.5 Å². The molecule has 2 heterocycles. The lowest BCUT2D eigenvalue weighted by atomic mass is 9.93. The number of nitrogens with two attached hydrogens (primary N) is 1. The highest BCUT2D eigenvalue weighted by Gasteiger charge is 2.35. The molecule has 104 valence electrons. The summed E-state index contributed by atoms with van der Waals surface area (Å²) in [4.78, 5) is 14.3. The molecular formula is C14H26N2O2. The number of carbonyl (C=O) groups is 1. The first-order valence-electron chi connectivity index (χ1n) is 7.21. The summed E-state index contributed by atoms with van der Waals surface area (Å²) in [6, 6.07) is 0. The Bertz CT molecular complexity index is 282.